The van der Waals surface area contributed by atoms with E-state index < -0.39 is 15.8 Å². The Morgan fingerprint density at radius 1 is 1.26 bits per heavy atom. The summed E-state index contributed by atoms with van der Waals surface area (Å²) in [6.07, 6.45) is 2.32. The van der Waals surface area contributed by atoms with E-state index in [-0.39, 0.29) is 11.6 Å². The second-order valence-corrected chi connectivity index (χ2v) is 7.45. The maximum Gasteiger partial charge on any atom is 0.214 e. The number of aryl methyl sites for hydroxylation is 1. The van der Waals surface area contributed by atoms with Crippen LogP contribution in [0.5, 0.6) is 0 Å². The van der Waals surface area contributed by atoms with Crippen molar-refractivity contribution >= 4 is 15.8 Å². The summed E-state index contributed by atoms with van der Waals surface area (Å²) in [5, 5.41) is 0. The van der Waals surface area contributed by atoms with Gasteiger partial charge in [0.2, 0.25) is 10.0 Å². The van der Waals surface area contributed by atoms with Gasteiger partial charge in [-0.15, -0.1) is 0 Å². The minimum absolute atomic E-state index is 0.0721. The van der Waals surface area contributed by atoms with Crippen LogP contribution >= 0.6 is 0 Å². The Balaban J connectivity index is 1.99. The van der Waals surface area contributed by atoms with E-state index in [4.69, 9.17) is 4.74 Å². The van der Waals surface area contributed by atoms with Gasteiger partial charge in [-0.25, -0.2) is 22.8 Å². The third kappa shape index (κ3) is 4.36. The molecular weight excluding hydrogens is 323 g/mol. The van der Waals surface area contributed by atoms with E-state index in [0.29, 0.717) is 51.3 Å². The van der Waals surface area contributed by atoms with Crippen LogP contribution in [0.15, 0.2) is 6.33 Å². The molecule has 130 valence electrons. The van der Waals surface area contributed by atoms with Crippen molar-refractivity contribution in [3.63, 3.8) is 0 Å². The van der Waals surface area contributed by atoms with Crippen molar-refractivity contribution in [3.8, 4) is 0 Å². The zero-order valence-corrected chi connectivity index (χ0v) is 14.4. The Labute approximate surface area is 136 Å². The van der Waals surface area contributed by atoms with Crippen LogP contribution in [0.2, 0.25) is 0 Å². The highest BCUT2D eigenvalue weighted by atomic mass is 32.2. The summed E-state index contributed by atoms with van der Waals surface area (Å²) in [5.74, 6) is -0.0810. The van der Waals surface area contributed by atoms with Crippen LogP contribution in [0.25, 0.3) is 0 Å². The standard InChI is InChI=1S/C14H23FN4O3S/c1-3-12-13(15)14(17-11-16-12)18-5-7-19(8-6-18)23(20,21)10-4-9-22-2/h11H,3-10H2,1-2H3. The van der Waals surface area contributed by atoms with Crippen molar-refractivity contribution in [2.24, 2.45) is 0 Å². The lowest BCUT2D eigenvalue weighted by Gasteiger charge is -2.34. The van der Waals surface area contributed by atoms with Crippen LogP contribution in [0.4, 0.5) is 10.2 Å². The molecule has 2 heterocycles. The molecule has 0 saturated carbocycles. The molecule has 0 unspecified atom stereocenters. The average Bonchev–Trinajstić information content (AvgIpc) is 2.55. The largest absolute Gasteiger partial charge is 0.385 e. The van der Waals surface area contributed by atoms with Gasteiger partial charge >= 0.3 is 0 Å². The molecule has 1 saturated heterocycles. The summed E-state index contributed by atoms with van der Waals surface area (Å²) in [6.45, 7) is 3.76. The van der Waals surface area contributed by atoms with Crippen LogP contribution in [0.3, 0.4) is 0 Å². The molecule has 0 aliphatic carbocycles. The molecule has 2 rings (SSSR count). The SMILES string of the molecule is CCc1ncnc(N2CCN(S(=O)(=O)CCCOC)CC2)c1F. The summed E-state index contributed by atoms with van der Waals surface area (Å²) in [7, 11) is -1.74. The number of halogens is 1. The normalized spacial score (nSPS) is 16.7. The van der Waals surface area contributed by atoms with Gasteiger partial charge in [0.25, 0.3) is 0 Å². The van der Waals surface area contributed by atoms with Crippen LogP contribution in [-0.2, 0) is 21.2 Å². The van der Waals surface area contributed by atoms with Gasteiger partial charge in [-0.1, -0.05) is 6.92 Å². The van der Waals surface area contributed by atoms with Gasteiger partial charge in [0.1, 0.15) is 6.33 Å². The van der Waals surface area contributed by atoms with E-state index >= 15 is 0 Å². The van der Waals surface area contributed by atoms with Gasteiger partial charge in [-0.3, -0.25) is 0 Å². The number of ether oxygens (including phenoxy) is 1. The molecule has 1 fully saturated rings. The highest BCUT2D eigenvalue weighted by molar-refractivity contribution is 7.89. The van der Waals surface area contributed by atoms with Gasteiger partial charge in [0.15, 0.2) is 11.6 Å². The number of sulfonamides is 1. The molecule has 23 heavy (non-hydrogen) atoms. The monoisotopic (exact) mass is 346 g/mol. The highest BCUT2D eigenvalue weighted by Gasteiger charge is 2.28. The zero-order chi connectivity index (χ0) is 16.9. The average molecular weight is 346 g/mol. The smallest absolute Gasteiger partial charge is 0.214 e. The first-order chi connectivity index (χ1) is 11.0. The topological polar surface area (TPSA) is 75.6 Å². The molecule has 0 bridgehead atoms. The Morgan fingerprint density at radius 2 is 1.96 bits per heavy atom. The molecule has 0 spiro atoms. The molecule has 0 amide bonds. The number of anilines is 1. The van der Waals surface area contributed by atoms with E-state index in [0.717, 1.165) is 0 Å². The van der Waals surface area contributed by atoms with Crippen molar-refractivity contribution in [1.29, 1.82) is 0 Å². The molecule has 0 N–H and O–H groups in total. The number of nitrogens with zero attached hydrogens (tertiary/aromatic N) is 4. The van der Waals surface area contributed by atoms with Crippen molar-refractivity contribution in [3.05, 3.63) is 17.8 Å². The first kappa shape index (κ1) is 18.0. The molecule has 1 aliphatic rings. The van der Waals surface area contributed by atoms with Gasteiger partial charge < -0.3 is 9.64 Å². The summed E-state index contributed by atoms with van der Waals surface area (Å²) >= 11 is 0. The molecule has 0 aromatic carbocycles. The summed E-state index contributed by atoms with van der Waals surface area (Å²) < 4.78 is 45.1. The van der Waals surface area contributed by atoms with E-state index in [9.17, 15) is 12.8 Å². The second-order valence-electron chi connectivity index (χ2n) is 5.36. The van der Waals surface area contributed by atoms with Crippen molar-refractivity contribution in [2.75, 3.05) is 50.5 Å². The molecule has 1 aliphatic heterocycles. The van der Waals surface area contributed by atoms with Gasteiger partial charge in [0, 0.05) is 39.9 Å². The highest BCUT2D eigenvalue weighted by Crippen LogP contribution is 2.20. The number of rotatable bonds is 7. The lowest BCUT2D eigenvalue weighted by Crippen LogP contribution is -2.49. The van der Waals surface area contributed by atoms with Crippen molar-refractivity contribution < 1.29 is 17.5 Å². The van der Waals surface area contributed by atoms with E-state index in [1.165, 1.54) is 10.6 Å². The predicted octanol–water partition coefficient (Wildman–Crippen LogP) is 0.666. The van der Waals surface area contributed by atoms with E-state index in [1.54, 1.807) is 12.0 Å². The molecule has 1 aromatic heterocycles. The second kappa shape index (κ2) is 7.98. The lowest BCUT2D eigenvalue weighted by atomic mass is 10.2. The Hall–Kier alpha value is -1.32. The fraction of sp³-hybridized carbons (Fsp3) is 0.714. The number of hydrogen-bond donors (Lipinski definition) is 0. The summed E-state index contributed by atoms with van der Waals surface area (Å²) in [6, 6.07) is 0. The Morgan fingerprint density at radius 3 is 2.57 bits per heavy atom. The van der Waals surface area contributed by atoms with Crippen molar-refractivity contribution in [1.82, 2.24) is 14.3 Å². The molecule has 7 nitrogen and oxygen atoms in total. The van der Waals surface area contributed by atoms with Gasteiger partial charge in [0.05, 0.1) is 11.4 Å². The molecular formula is C14H23FN4O3S. The number of methoxy groups -OCH3 is 1. The fourth-order valence-corrected chi connectivity index (χ4v) is 4.02. The van der Waals surface area contributed by atoms with Crippen LogP contribution in [0.1, 0.15) is 19.0 Å². The molecule has 1 aromatic rings. The first-order valence-corrected chi connectivity index (χ1v) is 9.31. The summed E-state index contributed by atoms with van der Waals surface area (Å²) in [5.41, 5.74) is 0.379. The number of hydrogen-bond acceptors (Lipinski definition) is 6. The minimum atomic E-state index is -3.28. The van der Waals surface area contributed by atoms with Gasteiger partial charge in [-0.2, -0.15) is 4.31 Å². The zero-order valence-electron chi connectivity index (χ0n) is 13.5. The fourth-order valence-electron chi connectivity index (χ4n) is 2.56. The van der Waals surface area contributed by atoms with E-state index in [1.807, 2.05) is 6.92 Å². The van der Waals surface area contributed by atoms with Gasteiger partial charge in [-0.05, 0) is 12.8 Å². The Bertz CT molecular complexity index is 618. The molecule has 9 heteroatoms. The van der Waals surface area contributed by atoms with Crippen molar-refractivity contribution in [2.45, 2.75) is 19.8 Å². The quantitative estimate of drug-likeness (QED) is 0.676. The minimum Gasteiger partial charge on any atom is -0.385 e. The van der Waals surface area contributed by atoms with Crippen LogP contribution in [0, 0.1) is 5.82 Å². The summed E-state index contributed by atoms with van der Waals surface area (Å²) in [4.78, 5) is 9.71. The Kier molecular flexibility index (Phi) is 6.25. The van der Waals surface area contributed by atoms with Crippen LogP contribution < -0.4 is 4.90 Å². The van der Waals surface area contributed by atoms with E-state index in [2.05, 4.69) is 9.97 Å². The lowest BCUT2D eigenvalue weighted by molar-refractivity contribution is 0.199. The molecule has 0 radical (unpaired) electrons. The maximum absolute atomic E-state index is 14.3. The third-order valence-electron chi connectivity index (χ3n) is 3.86. The first-order valence-electron chi connectivity index (χ1n) is 7.70. The maximum atomic E-state index is 14.3. The molecule has 0 atom stereocenters. The third-order valence-corrected chi connectivity index (χ3v) is 5.82. The number of aromatic nitrogens is 2. The van der Waals surface area contributed by atoms with Crippen LogP contribution in [-0.4, -0.2) is 68.3 Å². The number of piperazine rings is 1. The predicted molar refractivity (Wildman–Crippen MR) is 85.4 cm³/mol.